The number of hydrogen-bond acceptors (Lipinski definition) is 4. The molecule has 98 valence electrons. The molecule has 1 aromatic carbocycles. The summed E-state index contributed by atoms with van der Waals surface area (Å²) in [6.45, 7) is 1.57. The molecule has 2 aromatic heterocycles. The van der Waals surface area contributed by atoms with E-state index in [1.54, 1.807) is 30.7 Å². The van der Waals surface area contributed by atoms with Gasteiger partial charge in [-0.3, -0.25) is 9.78 Å². The molecular formula is C16H12N2OS. The lowest BCUT2D eigenvalue weighted by Gasteiger charge is -1.98. The molecule has 20 heavy (non-hydrogen) atoms. The maximum absolute atomic E-state index is 11.3. The van der Waals surface area contributed by atoms with Crippen LogP contribution in [0, 0.1) is 0 Å². The smallest absolute Gasteiger partial charge is 0.159 e. The molecule has 3 rings (SSSR count). The first kappa shape index (κ1) is 12.7. The summed E-state index contributed by atoms with van der Waals surface area (Å²) in [6, 6.07) is 11.4. The minimum atomic E-state index is 0.0770. The van der Waals surface area contributed by atoms with Crippen LogP contribution >= 0.6 is 11.3 Å². The zero-order valence-electron chi connectivity index (χ0n) is 10.9. The summed E-state index contributed by atoms with van der Waals surface area (Å²) in [7, 11) is 0. The van der Waals surface area contributed by atoms with Gasteiger partial charge in [-0.15, -0.1) is 11.3 Å². The Morgan fingerprint density at radius 1 is 1.00 bits per heavy atom. The minimum Gasteiger partial charge on any atom is -0.295 e. The first-order chi connectivity index (χ1) is 9.74. The van der Waals surface area contributed by atoms with Gasteiger partial charge < -0.3 is 0 Å². The monoisotopic (exact) mass is 280 g/mol. The quantitative estimate of drug-likeness (QED) is 0.679. The highest BCUT2D eigenvalue weighted by atomic mass is 32.1. The molecule has 0 saturated heterocycles. The maximum Gasteiger partial charge on any atom is 0.159 e. The van der Waals surface area contributed by atoms with E-state index in [9.17, 15) is 4.79 Å². The number of benzene rings is 1. The molecule has 4 heteroatoms. The third-order valence-corrected chi connectivity index (χ3v) is 3.91. The molecule has 3 nitrogen and oxygen atoms in total. The Hall–Kier alpha value is -2.33. The highest BCUT2D eigenvalue weighted by molar-refractivity contribution is 7.13. The van der Waals surface area contributed by atoms with E-state index in [1.165, 1.54) is 0 Å². The van der Waals surface area contributed by atoms with Gasteiger partial charge in [-0.25, -0.2) is 4.98 Å². The molecule has 0 amide bonds. The largest absolute Gasteiger partial charge is 0.295 e. The first-order valence-electron chi connectivity index (χ1n) is 6.21. The molecule has 0 N–H and O–H groups in total. The Morgan fingerprint density at radius 3 is 2.35 bits per heavy atom. The van der Waals surface area contributed by atoms with E-state index in [4.69, 9.17) is 0 Å². The number of pyridine rings is 1. The summed E-state index contributed by atoms with van der Waals surface area (Å²) >= 11 is 1.60. The van der Waals surface area contributed by atoms with Gasteiger partial charge in [0, 0.05) is 34.5 Å². The van der Waals surface area contributed by atoms with Crippen LogP contribution in [-0.4, -0.2) is 15.8 Å². The second-order valence-electron chi connectivity index (χ2n) is 4.41. The summed E-state index contributed by atoms with van der Waals surface area (Å²) in [5, 5.41) is 2.98. The Kier molecular flexibility index (Phi) is 3.39. The van der Waals surface area contributed by atoms with Crippen molar-refractivity contribution in [2.24, 2.45) is 0 Å². The third-order valence-electron chi connectivity index (χ3n) is 3.02. The molecule has 0 radical (unpaired) electrons. The maximum atomic E-state index is 11.3. The summed E-state index contributed by atoms with van der Waals surface area (Å²) in [4.78, 5) is 19.9. The zero-order chi connectivity index (χ0) is 13.9. The van der Waals surface area contributed by atoms with Crippen molar-refractivity contribution in [3.8, 4) is 21.8 Å². The Labute approximate surface area is 121 Å². The number of rotatable bonds is 3. The van der Waals surface area contributed by atoms with E-state index in [0.717, 1.165) is 27.4 Å². The summed E-state index contributed by atoms with van der Waals surface area (Å²) in [5.41, 5.74) is 3.76. The van der Waals surface area contributed by atoms with Crippen LogP contribution in [0.15, 0.2) is 54.2 Å². The van der Waals surface area contributed by atoms with Crippen LogP contribution in [-0.2, 0) is 0 Å². The minimum absolute atomic E-state index is 0.0770. The summed E-state index contributed by atoms with van der Waals surface area (Å²) < 4.78 is 0. The summed E-state index contributed by atoms with van der Waals surface area (Å²) in [6.07, 6.45) is 3.52. The second kappa shape index (κ2) is 5.35. The Morgan fingerprint density at radius 2 is 1.70 bits per heavy atom. The fourth-order valence-corrected chi connectivity index (χ4v) is 2.74. The van der Waals surface area contributed by atoms with E-state index in [2.05, 4.69) is 9.97 Å². The van der Waals surface area contributed by atoms with E-state index < -0.39 is 0 Å². The highest BCUT2D eigenvalue weighted by Gasteiger charge is 2.07. The molecule has 3 aromatic rings. The van der Waals surface area contributed by atoms with E-state index in [1.807, 2.05) is 41.8 Å². The number of thiazole rings is 1. The Bertz CT molecular complexity index is 733. The lowest BCUT2D eigenvalue weighted by molar-refractivity contribution is 0.101. The highest BCUT2D eigenvalue weighted by Crippen LogP contribution is 2.28. The van der Waals surface area contributed by atoms with Crippen LogP contribution in [0.2, 0.25) is 0 Å². The average molecular weight is 280 g/mol. The summed E-state index contributed by atoms with van der Waals surface area (Å²) in [5.74, 6) is 0.0770. The van der Waals surface area contributed by atoms with E-state index >= 15 is 0 Å². The van der Waals surface area contributed by atoms with Gasteiger partial charge in [-0.2, -0.15) is 0 Å². The van der Waals surface area contributed by atoms with Gasteiger partial charge in [0.05, 0.1) is 5.69 Å². The van der Waals surface area contributed by atoms with Crippen LogP contribution in [0.5, 0.6) is 0 Å². The predicted octanol–water partition coefficient (Wildman–Crippen LogP) is 4.07. The third kappa shape index (κ3) is 2.51. The van der Waals surface area contributed by atoms with Crippen molar-refractivity contribution in [1.82, 2.24) is 9.97 Å². The number of Topliss-reactive ketones (excluding diaryl/α,β-unsaturated/α-hetero) is 1. The molecule has 0 unspecified atom stereocenters. The van der Waals surface area contributed by atoms with Crippen LogP contribution in [0.4, 0.5) is 0 Å². The molecule has 0 aliphatic heterocycles. The molecule has 0 saturated carbocycles. The number of carbonyl (C=O) groups excluding carboxylic acids is 1. The van der Waals surface area contributed by atoms with Crippen molar-refractivity contribution in [2.75, 3.05) is 0 Å². The number of hydrogen-bond donors (Lipinski definition) is 0. The fraction of sp³-hybridized carbons (Fsp3) is 0.0625. The molecule has 0 bridgehead atoms. The van der Waals surface area contributed by atoms with Crippen LogP contribution < -0.4 is 0 Å². The van der Waals surface area contributed by atoms with Crippen molar-refractivity contribution in [1.29, 1.82) is 0 Å². The predicted molar refractivity (Wildman–Crippen MR) is 80.8 cm³/mol. The van der Waals surface area contributed by atoms with Crippen molar-refractivity contribution < 1.29 is 4.79 Å². The van der Waals surface area contributed by atoms with Crippen molar-refractivity contribution in [2.45, 2.75) is 6.92 Å². The first-order valence-corrected chi connectivity index (χ1v) is 7.09. The normalized spacial score (nSPS) is 10.4. The van der Waals surface area contributed by atoms with Crippen LogP contribution in [0.25, 0.3) is 21.8 Å². The molecule has 0 aliphatic carbocycles. The number of ketones is 1. The van der Waals surface area contributed by atoms with Gasteiger partial charge in [0.1, 0.15) is 5.01 Å². The van der Waals surface area contributed by atoms with Gasteiger partial charge in [0.25, 0.3) is 0 Å². The van der Waals surface area contributed by atoms with Crippen LogP contribution in [0.1, 0.15) is 17.3 Å². The molecular weight excluding hydrogens is 268 g/mol. The van der Waals surface area contributed by atoms with Gasteiger partial charge in [-0.05, 0) is 19.1 Å². The Balaban J connectivity index is 1.92. The van der Waals surface area contributed by atoms with Gasteiger partial charge in [0.2, 0.25) is 0 Å². The molecule has 0 atom stereocenters. The zero-order valence-corrected chi connectivity index (χ0v) is 11.7. The topological polar surface area (TPSA) is 42.9 Å². The van der Waals surface area contributed by atoms with E-state index in [0.29, 0.717) is 0 Å². The molecule has 2 heterocycles. The van der Waals surface area contributed by atoms with Gasteiger partial charge in [-0.1, -0.05) is 24.3 Å². The number of carbonyl (C=O) groups is 1. The van der Waals surface area contributed by atoms with Gasteiger partial charge >= 0.3 is 0 Å². The van der Waals surface area contributed by atoms with E-state index in [-0.39, 0.29) is 5.78 Å². The fourth-order valence-electron chi connectivity index (χ4n) is 1.91. The lowest BCUT2D eigenvalue weighted by atomic mass is 10.1. The molecule has 0 aliphatic rings. The number of nitrogens with zero attached hydrogens (tertiary/aromatic N) is 2. The van der Waals surface area contributed by atoms with Gasteiger partial charge in [0.15, 0.2) is 5.78 Å². The lowest BCUT2D eigenvalue weighted by Crippen LogP contribution is -1.90. The average Bonchev–Trinajstić information content (AvgIpc) is 2.98. The van der Waals surface area contributed by atoms with Crippen molar-refractivity contribution >= 4 is 17.1 Å². The number of aromatic nitrogens is 2. The molecule has 0 fully saturated rings. The van der Waals surface area contributed by atoms with Crippen molar-refractivity contribution in [3.05, 3.63) is 59.7 Å². The standard InChI is InChI=1S/C16H12N2OS/c1-11(19)12-2-4-14(5-3-12)16-18-15(10-20-16)13-6-8-17-9-7-13/h2-10H,1H3. The van der Waals surface area contributed by atoms with Crippen molar-refractivity contribution in [3.63, 3.8) is 0 Å². The molecule has 0 spiro atoms. The SMILES string of the molecule is CC(=O)c1ccc(-c2nc(-c3ccncc3)cs2)cc1. The second-order valence-corrected chi connectivity index (χ2v) is 5.27. The van der Waals surface area contributed by atoms with Crippen LogP contribution in [0.3, 0.4) is 0 Å².